The molecule has 0 aromatic rings. The standard InChI is InChI=1S/C8H16FNO/c9-8(1-4-10)7-2-5-11-6-3-7/h7-8H,1-6,10H2. The van der Waals surface area contributed by atoms with E-state index in [-0.39, 0.29) is 5.92 Å². The molecule has 11 heavy (non-hydrogen) atoms. The summed E-state index contributed by atoms with van der Waals surface area (Å²) in [4.78, 5) is 0. The van der Waals surface area contributed by atoms with Crippen LogP contribution in [-0.4, -0.2) is 25.9 Å². The molecule has 0 radical (unpaired) electrons. The third kappa shape index (κ3) is 2.75. The second-order valence-electron chi connectivity index (χ2n) is 3.04. The zero-order valence-corrected chi connectivity index (χ0v) is 6.76. The molecule has 1 aliphatic heterocycles. The third-order valence-corrected chi connectivity index (χ3v) is 2.22. The summed E-state index contributed by atoms with van der Waals surface area (Å²) in [5, 5.41) is 0. The van der Waals surface area contributed by atoms with E-state index in [9.17, 15) is 4.39 Å². The van der Waals surface area contributed by atoms with Crippen LogP contribution in [0, 0.1) is 5.92 Å². The van der Waals surface area contributed by atoms with Crippen LogP contribution in [0.25, 0.3) is 0 Å². The number of hydrogen-bond acceptors (Lipinski definition) is 2. The molecular weight excluding hydrogens is 145 g/mol. The Balaban J connectivity index is 2.21. The molecule has 2 nitrogen and oxygen atoms in total. The van der Waals surface area contributed by atoms with Crippen molar-refractivity contribution < 1.29 is 9.13 Å². The van der Waals surface area contributed by atoms with Crippen molar-refractivity contribution >= 4 is 0 Å². The monoisotopic (exact) mass is 161 g/mol. The molecule has 0 bridgehead atoms. The molecule has 2 N–H and O–H groups in total. The quantitative estimate of drug-likeness (QED) is 0.672. The highest BCUT2D eigenvalue weighted by Gasteiger charge is 2.22. The molecule has 0 aromatic carbocycles. The van der Waals surface area contributed by atoms with Crippen LogP contribution >= 0.6 is 0 Å². The maximum atomic E-state index is 13.2. The molecule has 3 heteroatoms. The van der Waals surface area contributed by atoms with Gasteiger partial charge in [0.05, 0.1) is 0 Å². The van der Waals surface area contributed by atoms with Crippen molar-refractivity contribution in [3.8, 4) is 0 Å². The van der Waals surface area contributed by atoms with Gasteiger partial charge >= 0.3 is 0 Å². The summed E-state index contributed by atoms with van der Waals surface area (Å²) in [6, 6.07) is 0. The van der Waals surface area contributed by atoms with Crippen LogP contribution in [0.5, 0.6) is 0 Å². The number of rotatable bonds is 3. The van der Waals surface area contributed by atoms with Gasteiger partial charge in [0.2, 0.25) is 0 Å². The van der Waals surface area contributed by atoms with Gasteiger partial charge in [-0.05, 0) is 31.7 Å². The molecule has 1 aliphatic rings. The van der Waals surface area contributed by atoms with Gasteiger partial charge in [-0.25, -0.2) is 4.39 Å². The van der Waals surface area contributed by atoms with Crippen molar-refractivity contribution in [3.05, 3.63) is 0 Å². The van der Waals surface area contributed by atoms with Crippen LogP contribution in [0.2, 0.25) is 0 Å². The molecule has 1 fully saturated rings. The van der Waals surface area contributed by atoms with Crippen molar-refractivity contribution in [2.45, 2.75) is 25.4 Å². The molecule has 0 aliphatic carbocycles. The van der Waals surface area contributed by atoms with Gasteiger partial charge in [0.25, 0.3) is 0 Å². The Kier molecular flexibility index (Phi) is 3.80. The summed E-state index contributed by atoms with van der Waals surface area (Å²) < 4.78 is 18.3. The molecular formula is C8H16FNO. The highest BCUT2D eigenvalue weighted by molar-refractivity contribution is 4.72. The van der Waals surface area contributed by atoms with Gasteiger partial charge in [0.1, 0.15) is 6.17 Å². The summed E-state index contributed by atoms with van der Waals surface area (Å²) >= 11 is 0. The van der Waals surface area contributed by atoms with Gasteiger partial charge in [-0.1, -0.05) is 0 Å². The van der Waals surface area contributed by atoms with Crippen LogP contribution in [0.15, 0.2) is 0 Å². The first-order valence-corrected chi connectivity index (χ1v) is 4.26. The molecule has 0 aromatic heterocycles. The predicted molar refractivity (Wildman–Crippen MR) is 42.1 cm³/mol. The summed E-state index contributed by atoms with van der Waals surface area (Å²) in [5.74, 6) is 0.201. The maximum Gasteiger partial charge on any atom is 0.104 e. The van der Waals surface area contributed by atoms with Crippen molar-refractivity contribution in [1.82, 2.24) is 0 Å². The molecule has 1 atom stereocenters. The van der Waals surface area contributed by atoms with Crippen LogP contribution < -0.4 is 5.73 Å². The van der Waals surface area contributed by atoms with E-state index in [1.807, 2.05) is 0 Å². The van der Waals surface area contributed by atoms with Gasteiger partial charge in [-0.2, -0.15) is 0 Å². The van der Waals surface area contributed by atoms with Crippen LogP contribution in [-0.2, 0) is 4.74 Å². The van der Waals surface area contributed by atoms with Crippen LogP contribution in [0.3, 0.4) is 0 Å². The number of hydrogen-bond donors (Lipinski definition) is 1. The summed E-state index contributed by atoms with van der Waals surface area (Å²) in [7, 11) is 0. The molecule has 1 unspecified atom stereocenters. The minimum absolute atomic E-state index is 0.201. The predicted octanol–water partition coefficient (Wildman–Crippen LogP) is 1.10. The highest BCUT2D eigenvalue weighted by Crippen LogP contribution is 2.22. The average molecular weight is 161 g/mol. The second kappa shape index (κ2) is 4.67. The Labute approximate surface area is 66.9 Å². The zero-order valence-electron chi connectivity index (χ0n) is 6.76. The normalized spacial score (nSPS) is 23.5. The fraction of sp³-hybridized carbons (Fsp3) is 1.00. The van der Waals surface area contributed by atoms with E-state index >= 15 is 0 Å². The van der Waals surface area contributed by atoms with Crippen molar-refractivity contribution in [1.29, 1.82) is 0 Å². The first-order valence-electron chi connectivity index (χ1n) is 4.26. The molecule has 0 amide bonds. The van der Waals surface area contributed by atoms with Gasteiger partial charge < -0.3 is 10.5 Å². The largest absolute Gasteiger partial charge is 0.381 e. The first-order chi connectivity index (χ1) is 5.34. The minimum atomic E-state index is -0.705. The van der Waals surface area contributed by atoms with Crippen LogP contribution in [0.1, 0.15) is 19.3 Å². The number of halogens is 1. The summed E-state index contributed by atoms with van der Waals surface area (Å²) in [6.45, 7) is 1.89. The fourth-order valence-electron chi connectivity index (χ4n) is 1.47. The van der Waals surface area contributed by atoms with Gasteiger partial charge in [0, 0.05) is 13.2 Å². The lowest BCUT2D eigenvalue weighted by Gasteiger charge is -2.24. The Morgan fingerprint density at radius 3 is 2.64 bits per heavy atom. The Morgan fingerprint density at radius 2 is 2.09 bits per heavy atom. The molecule has 1 saturated heterocycles. The summed E-state index contributed by atoms with van der Waals surface area (Å²) in [5.41, 5.74) is 5.26. The third-order valence-electron chi connectivity index (χ3n) is 2.22. The highest BCUT2D eigenvalue weighted by atomic mass is 19.1. The first kappa shape index (κ1) is 8.94. The van der Waals surface area contributed by atoms with Crippen molar-refractivity contribution in [3.63, 3.8) is 0 Å². The SMILES string of the molecule is NCCC(F)C1CCOCC1. The molecule has 1 heterocycles. The molecule has 0 saturated carbocycles. The van der Waals surface area contributed by atoms with E-state index in [0.29, 0.717) is 13.0 Å². The Bertz CT molecular complexity index is 104. The fourth-order valence-corrected chi connectivity index (χ4v) is 1.47. The smallest absolute Gasteiger partial charge is 0.104 e. The minimum Gasteiger partial charge on any atom is -0.381 e. The van der Waals surface area contributed by atoms with Gasteiger partial charge in [0.15, 0.2) is 0 Å². The average Bonchev–Trinajstić information content (AvgIpc) is 2.07. The van der Waals surface area contributed by atoms with E-state index in [1.165, 1.54) is 0 Å². The number of alkyl halides is 1. The second-order valence-corrected chi connectivity index (χ2v) is 3.04. The lowest BCUT2D eigenvalue weighted by molar-refractivity contribution is 0.0355. The van der Waals surface area contributed by atoms with Crippen molar-refractivity contribution in [2.24, 2.45) is 11.7 Å². The lowest BCUT2D eigenvalue weighted by atomic mass is 9.93. The molecule has 66 valence electrons. The van der Waals surface area contributed by atoms with Crippen molar-refractivity contribution in [2.75, 3.05) is 19.8 Å². The number of ether oxygens (including phenoxy) is 1. The van der Waals surface area contributed by atoms with Crippen LogP contribution in [0.4, 0.5) is 4.39 Å². The maximum absolute atomic E-state index is 13.2. The van der Waals surface area contributed by atoms with E-state index in [1.54, 1.807) is 0 Å². The van der Waals surface area contributed by atoms with Gasteiger partial charge in [-0.3, -0.25) is 0 Å². The van der Waals surface area contributed by atoms with E-state index < -0.39 is 6.17 Å². The Morgan fingerprint density at radius 1 is 1.45 bits per heavy atom. The van der Waals surface area contributed by atoms with E-state index in [0.717, 1.165) is 26.1 Å². The van der Waals surface area contributed by atoms with E-state index in [4.69, 9.17) is 10.5 Å². The lowest BCUT2D eigenvalue weighted by Crippen LogP contribution is -2.26. The van der Waals surface area contributed by atoms with E-state index in [2.05, 4.69) is 0 Å². The summed E-state index contributed by atoms with van der Waals surface area (Å²) in [6.07, 6.45) is 1.52. The molecule has 0 spiro atoms. The van der Waals surface area contributed by atoms with Gasteiger partial charge in [-0.15, -0.1) is 0 Å². The zero-order chi connectivity index (χ0) is 8.10. The number of nitrogens with two attached hydrogens (primary N) is 1. The topological polar surface area (TPSA) is 35.2 Å². The Hall–Kier alpha value is -0.150. The molecule has 1 rings (SSSR count).